The van der Waals surface area contributed by atoms with Crippen LogP contribution in [0.3, 0.4) is 0 Å². The summed E-state index contributed by atoms with van der Waals surface area (Å²) in [4.78, 5) is 29.1. The first-order chi connectivity index (χ1) is 16.4. The highest BCUT2D eigenvalue weighted by molar-refractivity contribution is 7.92. The van der Waals surface area contributed by atoms with Crippen molar-refractivity contribution in [2.24, 2.45) is 0 Å². The monoisotopic (exact) mass is 487 g/mol. The van der Waals surface area contributed by atoms with Gasteiger partial charge >= 0.3 is 0 Å². The van der Waals surface area contributed by atoms with Crippen molar-refractivity contribution in [1.82, 2.24) is 9.80 Å². The number of carbonyl (C=O) groups excluding carboxylic acids is 2. The average molecular weight is 488 g/mol. The molecule has 2 fully saturated rings. The third kappa shape index (κ3) is 5.51. The lowest BCUT2D eigenvalue weighted by atomic mass is 10.1. The van der Waals surface area contributed by atoms with Crippen LogP contribution in [0.4, 0.5) is 5.69 Å². The molecule has 182 valence electrons. The summed E-state index contributed by atoms with van der Waals surface area (Å²) in [5.41, 5.74) is 0.678. The number of benzene rings is 2. The van der Waals surface area contributed by atoms with Crippen LogP contribution in [0, 0.1) is 0 Å². The molecule has 2 saturated heterocycles. The second kappa shape index (κ2) is 10.4. The number of hydrogen-bond donors (Lipinski definition) is 1. The Bertz CT molecular complexity index is 1120. The Morgan fingerprint density at radius 2 is 1.76 bits per heavy atom. The first-order valence-corrected chi connectivity index (χ1v) is 12.9. The third-order valence-corrected chi connectivity index (χ3v) is 7.29. The molecule has 9 nitrogen and oxygen atoms in total. The van der Waals surface area contributed by atoms with Crippen LogP contribution < -0.4 is 9.46 Å². The Kier molecular flexibility index (Phi) is 7.38. The van der Waals surface area contributed by atoms with Crippen molar-refractivity contribution in [2.75, 3.05) is 44.1 Å². The number of nitrogens with zero attached hydrogens (tertiary/aromatic N) is 2. The van der Waals surface area contributed by atoms with Crippen LogP contribution in [0.1, 0.15) is 30.1 Å². The van der Waals surface area contributed by atoms with Crippen molar-refractivity contribution in [1.29, 1.82) is 0 Å². The first-order valence-electron chi connectivity index (χ1n) is 11.4. The maximum absolute atomic E-state index is 13.0. The van der Waals surface area contributed by atoms with Crippen LogP contribution in [0.2, 0.25) is 0 Å². The van der Waals surface area contributed by atoms with Gasteiger partial charge in [-0.1, -0.05) is 6.07 Å². The molecule has 10 heteroatoms. The van der Waals surface area contributed by atoms with E-state index < -0.39 is 10.0 Å². The molecule has 0 radical (unpaired) electrons. The van der Waals surface area contributed by atoms with Gasteiger partial charge in [-0.2, -0.15) is 0 Å². The van der Waals surface area contributed by atoms with Gasteiger partial charge in [0.05, 0.1) is 11.5 Å². The molecule has 2 aliphatic rings. The first kappa shape index (κ1) is 24.0. The lowest BCUT2D eigenvalue weighted by Crippen LogP contribution is -2.52. The fraction of sp³-hybridized carbons (Fsp3) is 0.417. The van der Waals surface area contributed by atoms with Crippen molar-refractivity contribution >= 4 is 27.5 Å². The Hall–Kier alpha value is -3.11. The molecule has 2 aromatic rings. The molecular formula is C24H29N3O6S. The van der Waals surface area contributed by atoms with E-state index in [0.29, 0.717) is 56.4 Å². The highest BCUT2D eigenvalue weighted by Crippen LogP contribution is 2.21. The van der Waals surface area contributed by atoms with Gasteiger partial charge < -0.3 is 19.3 Å². The predicted molar refractivity (Wildman–Crippen MR) is 126 cm³/mol. The number of anilines is 1. The smallest absolute Gasteiger partial charge is 0.261 e. The zero-order chi connectivity index (χ0) is 24.1. The van der Waals surface area contributed by atoms with Crippen molar-refractivity contribution in [3.8, 4) is 5.75 Å². The number of amides is 2. The van der Waals surface area contributed by atoms with E-state index in [1.807, 2.05) is 6.92 Å². The van der Waals surface area contributed by atoms with Crippen LogP contribution in [0.25, 0.3) is 0 Å². The summed E-state index contributed by atoms with van der Waals surface area (Å²) in [7, 11) is -3.82. The lowest BCUT2D eigenvalue weighted by Gasteiger charge is -2.35. The number of nitrogens with one attached hydrogen (secondary N) is 1. The Labute approximate surface area is 199 Å². The summed E-state index contributed by atoms with van der Waals surface area (Å²) in [5, 5.41) is 0. The summed E-state index contributed by atoms with van der Waals surface area (Å²) in [6.07, 6.45) is 1.28. The van der Waals surface area contributed by atoms with Crippen molar-refractivity contribution in [3.05, 3.63) is 54.1 Å². The van der Waals surface area contributed by atoms with Gasteiger partial charge in [-0.05, 0) is 62.2 Å². The quantitative estimate of drug-likeness (QED) is 0.643. The molecule has 4 rings (SSSR count). The van der Waals surface area contributed by atoms with E-state index in [1.165, 1.54) is 18.2 Å². The molecule has 0 aliphatic carbocycles. The minimum atomic E-state index is -3.82. The maximum atomic E-state index is 13.0. The van der Waals surface area contributed by atoms with Gasteiger partial charge in [0, 0.05) is 44.0 Å². The second-order valence-corrected chi connectivity index (χ2v) is 9.89. The van der Waals surface area contributed by atoms with E-state index in [9.17, 15) is 18.0 Å². The molecule has 0 spiro atoms. The summed E-state index contributed by atoms with van der Waals surface area (Å²) in [6, 6.07) is 12.6. The molecule has 0 bridgehead atoms. The summed E-state index contributed by atoms with van der Waals surface area (Å²) < 4.78 is 38.9. The van der Waals surface area contributed by atoms with Gasteiger partial charge in [-0.25, -0.2) is 8.42 Å². The molecule has 0 saturated carbocycles. The van der Waals surface area contributed by atoms with E-state index in [-0.39, 0.29) is 22.8 Å². The van der Waals surface area contributed by atoms with Crippen molar-refractivity contribution in [2.45, 2.75) is 30.8 Å². The van der Waals surface area contributed by atoms with Crippen LogP contribution in [-0.2, 0) is 19.6 Å². The fourth-order valence-electron chi connectivity index (χ4n) is 4.10. The van der Waals surface area contributed by atoms with Crippen molar-refractivity contribution < 1.29 is 27.5 Å². The Morgan fingerprint density at radius 3 is 2.41 bits per heavy atom. The Balaban J connectivity index is 1.38. The molecule has 2 aliphatic heterocycles. The van der Waals surface area contributed by atoms with E-state index in [2.05, 4.69) is 4.72 Å². The number of hydrogen-bond acceptors (Lipinski definition) is 6. The molecule has 1 atom stereocenters. The van der Waals surface area contributed by atoms with Crippen molar-refractivity contribution in [3.63, 3.8) is 0 Å². The molecular weight excluding hydrogens is 458 g/mol. The minimum Gasteiger partial charge on any atom is -0.494 e. The van der Waals surface area contributed by atoms with Crippen LogP contribution in [0.15, 0.2) is 53.4 Å². The van der Waals surface area contributed by atoms with E-state index in [4.69, 9.17) is 9.47 Å². The average Bonchev–Trinajstić information content (AvgIpc) is 3.39. The molecule has 2 heterocycles. The second-order valence-electron chi connectivity index (χ2n) is 8.21. The third-order valence-electron chi connectivity index (χ3n) is 5.89. The van der Waals surface area contributed by atoms with Gasteiger partial charge in [0.2, 0.25) is 0 Å². The van der Waals surface area contributed by atoms with Crippen LogP contribution in [0.5, 0.6) is 5.75 Å². The Morgan fingerprint density at radius 1 is 1.06 bits per heavy atom. The van der Waals surface area contributed by atoms with Gasteiger partial charge in [0.1, 0.15) is 11.9 Å². The van der Waals surface area contributed by atoms with Crippen LogP contribution in [-0.4, -0.2) is 75.5 Å². The number of ether oxygens (including phenoxy) is 2. The van der Waals surface area contributed by atoms with Gasteiger partial charge in [-0.15, -0.1) is 0 Å². The summed E-state index contributed by atoms with van der Waals surface area (Å²) >= 11 is 0. The molecule has 1 N–H and O–H groups in total. The number of carbonyl (C=O) groups is 2. The summed E-state index contributed by atoms with van der Waals surface area (Å²) in [6.45, 7) is 4.70. The maximum Gasteiger partial charge on any atom is 0.261 e. The standard InChI is InChI=1S/C24H29N3O6S/c1-2-32-20-8-10-21(11-9-20)34(30,31)25-19-6-3-5-18(17-19)23(28)26-12-14-27(15-13-26)24(29)22-7-4-16-33-22/h3,5-6,8-11,17,22,25H,2,4,7,12-16H2,1H3. The van der Waals surface area contributed by atoms with E-state index in [0.717, 1.165) is 12.8 Å². The number of rotatable bonds is 7. The highest BCUT2D eigenvalue weighted by Gasteiger charge is 2.31. The largest absolute Gasteiger partial charge is 0.494 e. The molecule has 2 aromatic carbocycles. The zero-order valence-electron chi connectivity index (χ0n) is 19.1. The van der Waals surface area contributed by atoms with E-state index in [1.54, 1.807) is 40.1 Å². The fourth-order valence-corrected chi connectivity index (χ4v) is 5.15. The van der Waals surface area contributed by atoms with Gasteiger partial charge in [0.25, 0.3) is 21.8 Å². The van der Waals surface area contributed by atoms with Gasteiger partial charge in [-0.3, -0.25) is 14.3 Å². The molecule has 2 amide bonds. The zero-order valence-corrected chi connectivity index (χ0v) is 19.9. The lowest BCUT2D eigenvalue weighted by molar-refractivity contribution is -0.142. The number of piperazine rings is 1. The molecule has 0 aromatic heterocycles. The molecule has 34 heavy (non-hydrogen) atoms. The molecule has 1 unspecified atom stereocenters. The normalized spacial score (nSPS) is 18.6. The topological polar surface area (TPSA) is 105 Å². The van der Waals surface area contributed by atoms with Gasteiger partial charge in [0.15, 0.2) is 0 Å². The summed E-state index contributed by atoms with van der Waals surface area (Å²) in [5.74, 6) is 0.383. The highest BCUT2D eigenvalue weighted by atomic mass is 32.2. The van der Waals surface area contributed by atoms with Crippen LogP contribution >= 0.6 is 0 Å². The minimum absolute atomic E-state index is 0.00436. The SMILES string of the molecule is CCOc1ccc(S(=O)(=O)Nc2cccc(C(=O)N3CCN(C(=O)C4CCCO4)CC3)c2)cc1. The predicted octanol–water partition coefficient (Wildman–Crippen LogP) is 2.35. The van der Waals surface area contributed by atoms with E-state index >= 15 is 0 Å². The number of sulfonamides is 1.